The molecule has 134 valence electrons. The molecule has 1 atom stereocenters. The van der Waals surface area contributed by atoms with Crippen molar-refractivity contribution in [2.45, 2.75) is 40.3 Å². The van der Waals surface area contributed by atoms with Gasteiger partial charge in [-0.1, -0.05) is 30.3 Å². The van der Waals surface area contributed by atoms with Crippen LogP contribution in [0.5, 0.6) is 0 Å². The van der Waals surface area contributed by atoms with Gasteiger partial charge in [0.1, 0.15) is 11.7 Å². The molecule has 0 bridgehead atoms. The Morgan fingerprint density at radius 3 is 2.36 bits per heavy atom. The van der Waals surface area contributed by atoms with E-state index in [1.807, 2.05) is 58.0 Å². The number of hydrogen-bond acceptors (Lipinski definition) is 3. The molecule has 6 nitrogen and oxygen atoms in total. The molecule has 6 heteroatoms. The van der Waals surface area contributed by atoms with Gasteiger partial charge in [-0.3, -0.25) is 14.3 Å². The van der Waals surface area contributed by atoms with Crippen LogP contribution in [-0.4, -0.2) is 39.6 Å². The second-order valence-electron chi connectivity index (χ2n) is 5.81. The van der Waals surface area contributed by atoms with Crippen LogP contribution in [0.2, 0.25) is 0 Å². The minimum Gasteiger partial charge on any atom is -0.341 e. The van der Waals surface area contributed by atoms with E-state index in [-0.39, 0.29) is 11.8 Å². The van der Waals surface area contributed by atoms with Gasteiger partial charge < -0.3 is 10.2 Å². The lowest BCUT2D eigenvalue weighted by molar-refractivity contribution is -0.133. The molecule has 0 saturated carbocycles. The summed E-state index contributed by atoms with van der Waals surface area (Å²) in [4.78, 5) is 27.4. The lowest BCUT2D eigenvalue weighted by Gasteiger charge is -2.26. The van der Waals surface area contributed by atoms with E-state index in [1.54, 1.807) is 15.6 Å². The summed E-state index contributed by atoms with van der Waals surface area (Å²) in [5.74, 6) is -0.402. The quantitative estimate of drug-likeness (QED) is 0.841. The van der Waals surface area contributed by atoms with Crippen LogP contribution in [0.15, 0.2) is 36.4 Å². The number of benzene rings is 1. The zero-order valence-corrected chi connectivity index (χ0v) is 15.3. The minimum atomic E-state index is -0.714. The molecule has 0 spiro atoms. The van der Waals surface area contributed by atoms with Crippen LogP contribution in [0.3, 0.4) is 0 Å². The summed E-state index contributed by atoms with van der Waals surface area (Å²) in [7, 11) is 0. The number of aromatic nitrogens is 2. The number of aryl methyl sites for hydroxylation is 2. The smallest absolute Gasteiger partial charge is 0.270 e. The average molecular weight is 342 g/mol. The summed E-state index contributed by atoms with van der Waals surface area (Å²) in [5, 5.41) is 7.20. The first-order valence-electron chi connectivity index (χ1n) is 8.70. The van der Waals surface area contributed by atoms with Gasteiger partial charge in [-0.05, 0) is 39.3 Å². The van der Waals surface area contributed by atoms with Gasteiger partial charge in [0, 0.05) is 19.6 Å². The van der Waals surface area contributed by atoms with Crippen molar-refractivity contribution in [1.82, 2.24) is 20.0 Å². The predicted molar refractivity (Wildman–Crippen MR) is 97.2 cm³/mol. The van der Waals surface area contributed by atoms with E-state index in [4.69, 9.17) is 0 Å². The highest BCUT2D eigenvalue weighted by Gasteiger charge is 2.27. The Morgan fingerprint density at radius 2 is 1.80 bits per heavy atom. The van der Waals surface area contributed by atoms with Gasteiger partial charge in [-0.2, -0.15) is 5.10 Å². The second kappa shape index (κ2) is 8.46. The van der Waals surface area contributed by atoms with Gasteiger partial charge in [0.05, 0.1) is 5.69 Å². The Hall–Kier alpha value is -2.63. The van der Waals surface area contributed by atoms with E-state index >= 15 is 0 Å². The molecule has 0 radical (unpaired) electrons. The van der Waals surface area contributed by atoms with Gasteiger partial charge in [-0.25, -0.2) is 0 Å². The normalized spacial score (nSPS) is 11.8. The molecule has 0 saturated heterocycles. The van der Waals surface area contributed by atoms with E-state index in [9.17, 15) is 9.59 Å². The number of likely N-dealkylation sites (N-methyl/N-ethyl adjacent to an activating group) is 1. The van der Waals surface area contributed by atoms with Crippen LogP contribution >= 0.6 is 0 Å². The number of amides is 2. The fraction of sp³-hybridized carbons (Fsp3) is 0.421. The van der Waals surface area contributed by atoms with Crippen LogP contribution in [0.4, 0.5) is 0 Å². The van der Waals surface area contributed by atoms with Crippen molar-refractivity contribution in [3.63, 3.8) is 0 Å². The van der Waals surface area contributed by atoms with E-state index in [1.165, 1.54) is 0 Å². The maximum Gasteiger partial charge on any atom is 0.270 e. The van der Waals surface area contributed by atoms with Crippen molar-refractivity contribution in [2.24, 2.45) is 0 Å². The Bertz CT molecular complexity index is 720. The van der Waals surface area contributed by atoms with Crippen LogP contribution in [-0.2, 0) is 11.3 Å². The standard InChI is InChI=1S/C19H26N4O2/c1-5-22(6-2)19(25)17(15-11-9-8-10-12-15)20-18(24)16-13-14(4)21-23(16)7-3/h8-13,17H,5-7H2,1-4H3,(H,20,24)/t17-/m0/s1. The lowest BCUT2D eigenvalue weighted by Crippen LogP contribution is -2.43. The Morgan fingerprint density at radius 1 is 1.16 bits per heavy atom. The molecule has 2 aromatic rings. The molecule has 2 rings (SSSR count). The van der Waals surface area contributed by atoms with Gasteiger partial charge in [0.25, 0.3) is 5.91 Å². The molecule has 1 aromatic carbocycles. The second-order valence-corrected chi connectivity index (χ2v) is 5.81. The Kier molecular flexibility index (Phi) is 6.33. The monoisotopic (exact) mass is 342 g/mol. The lowest BCUT2D eigenvalue weighted by atomic mass is 10.1. The van der Waals surface area contributed by atoms with Crippen molar-refractivity contribution >= 4 is 11.8 Å². The van der Waals surface area contributed by atoms with E-state index in [0.29, 0.717) is 25.3 Å². The number of rotatable bonds is 7. The fourth-order valence-electron chi connectivity index (χ4n) is 2.83. The van der Waals surface area contributed by atoms with Crippen molar-refractivity contribution in [2.75, 3.05) is 13.1 Å². The summed E-state index contributed by atoms with van der Waals surface area (Å²) < 4.78 is 1.65. The minimum absolute atomic E-state index is 0.108. The molecule has 2 amide bonds. The number of nitrogens with one attached hydrogen (secondary N) is 1. The summed E-state index contributed by atoms with van der Waals surface area (Å²) in [5.41, 5.74) is 2.01. The molecular formula is C19H26N4O2. The van der Waals surface area contributed by atoms with E-state index < -0.39 is 6.04 Å². The largest absolute Gasteiger partial charge is 0.341 e. The number of carbonyl (C=O) groups excluding carboxylic acids is 2. The zero-order valence-electron chi connectivity index (χ0n) is 15.3. The molecule has 0 fully saturated rings. The predicted octanol–water partition coefficient (Wildman–Crippen LogP) is 2.55. The maximum atomic E-state index is 12.9. The summed E-state index contributed by atoms with van der Waals surface area (Å²) >= 11 is 0. The zero-order chi connectivity index (χ0) is 18.4. The Balaban J connectivity index is 2.33. The number of carbonyl (C=O) groups is 2. The highest BCUT2D eigenvalue weighted by Crippen LogP contribution is 2.17. The van der Waals surface area contributed by atoms with Crippen LogP contribution in [0, 0.1) is 6.92 Å². The number of nitrogens with zero attached hydrogens (tertiary/aromatic N) is 3. The van der Waals surface area contributed by atoms with Crippen molar-refractivity contribution in [1.29, 1.82) is 0 Å². The average Bonchev–Trinajstić information content (AvgIpc) is 3.02. The van der Waals surface area contributed by atoms with Gasteiger partial charge in [0.15, 0.2) is 0 Å². The van der Waals surface area contributed by atoms with Gasteiger partial charge in [0.2, 0.25) is 5.91 Å². The SMILES string of the molecule is CCN(CC)C(=O)[C@@H](NC(=O)c1cc(C)nn1CC)c1ccccc1. The third kappa shape index (κ3) is 4.26. The van der Waals surface area contributed by atoms with Crippen LogP contribution in [0.1, 0.15) is 48.6 Å². The molecule has 1 aromatic heterocycles. The van der Waals surface area contributed by atoms with Crippen molar-refractivity contribution in [3.8, 4) is 0 Å². The molecule has 0 aliphatic carbocycles. The van der Waals surface area contributed by atoms with Gasteiger partial charge >= 0.3 is 0 Å². The molecule has 0 aliphatic heterocycles. The van der Waals surface area contributed by atoms with Crippen LogP contribution < -0.4 is 5.32 Å². The van der Waals surface area contributed by atoms with Gasteiger partial charge in [-0.15, -0.1) is 0 Å². The highest BCUT2D eigenvalue weighted by atomic mass is 16.2. The van der Waals surface area contributed by atoms with Crippen molar-refractivity contribution in [3.05, 3.63) is 53.3 Å². The molecule has 25 heavy (non-hydrogen) atoms. The topological polar surface area (TPSA) is 67.2 Å². The molecule has 0 aliphatic rings. The summed E-state index contributed by atoms with van der Waals surface area (Å²) in [6.07, 6.45) is 0. The molecule has 1 N–H and O–H groups in total. The molecular weight excluding hydrogens is 316 g/mol. The summed E-state index contributed by atoms with van der Waals surface area (Å²) in [6, 6.07) is 10.4. The molecule has 1 heterocycles. The van der Waals surface area contributed by atoms with Crippen LogP contribution in [0.25, 0.3) is 0 Å². The van der Waals surface area contributed by atoms with Crippen molar-refractivity contribution < 1.29 is 9.59 Å². The van der Waals surface area contributed by atoms with E-state index in [2.05, 4.69) is 10.4 Å². The van der Waals surface area contributed by atoms with E-state index in [0.717, 1.165) is 11.3 Å². The maximum absolute atomic E-state index is 12.9. The summed E-state index contributed by atoms with van der Waals surface area (Å²) in [6.45, 7) is 9.43. The first-order valence-corrected chi connectivity index (χ1v) is 8.70. The third-order valence-electron chi connectivity index (χ3n) is 4.16. The fourth-order valence-corrected chi connectivity index (χ4v) is 2.83. The first kappa shape index (κ1) is 18.7. The molecule has 0 unspecified atom stereocenters. The highest BCUT2D eigenvalue weighted by molar-refractivity contribution is 5.96. The first-order chi connectivity index (χ1) is 12.0. The Labute approximate surface area is 148 Å². The number of hydrogen-bond donors (Lipinski definition) is 1. The third-order valence-corrected chi connectivity index (χ3v) is 4.16.